The first-order valence-electron chi connectivity index (χ1n) is 6.67. The Labute approximate surface area is 123 Å². The van der Waals surface area contributed by atoms with Gasteiger partial charge in [0.25, 0.3) is 0 Å². The number of benzene rings is 1. The van der Waals surface area contributed by atoms with Crippen molar-refractivity contribution in [1.29, 1.82) is 0 Å². The van der Waals surface area contributed by atoms with Crippen LogP contribution in [0.4, 0.5) is 4.39 Å². The predicted octanol–water partition coefficient (Wildman–Crippen LogP) is 3.45. The van der Waals surface area contributed by atoms with Crippen molar-refractivity contribution in [2.24, 2.45) is 0 Å². The van der Waals surface area contributed by atoms with E-state index in [2.05, 4.69) is 22.2 Å². The van der Waals surface area contributed by atoms with Crippen molar-refractivity contribution < 1.29 is 4.39 Å². The second-order valence-corrected chi connectivity index (χ2v) is 5.50. The third-order valence-corrected chi connectivity index (χ3v) is 3.88. The summed E-state index contributed by atoms with van der Waals surface area (Å²) >= 11 is 1.62. The molecule has 1 unspecified atom stereocenters. The van der Waals surface area contributed by atoms with Crippen LogP contribution in [0.2, 0.25) is 0 Å². The summed E-state index contributed by atoms with van der Waals surface area (Å²) in [6.07, 6.45) is 6.20. The number of hydrogen-bond acceptors (Lipinski definition) is 4. The maximum atomic E-state index is 13.2. The van der Waals surface area contributed by atoms with Gasteiger partial charge in [0.05, 0.1) is 11.7 Å². The van der Waals surface area contributed by atoms with Crippen LogP contribution in [0.25, 0.3) is 0 Å². The lowest BCUT2D eigenvalue weighted by Crippen LogP contribution is -2.25. The zero-order chi connectivity index (χ0) is 14.2. The molecule has 2 rings (SSSR count). The molecule has 1 aromatic heterocycles. The summed E-state index contributed by atoms with van der Waals surface area (Å²) in [7, 11) is 0. The van der Waals surface area contributed by atoms with Crippen molar-refractivity contribution in [3.05, 3.63) is 54.4 Å². The number of aromatic nitrogens is 2. The quantitative estimate of drug-likeness (QED) is 0.793. The molecule has 0 bridgehead atoms. The summed E-state index contributed by atoms with van der Waals surface area (Å²) in [5.41, 5.74) is 0.921. The summed E-state index contributed by atoms with van der Waals surface area (Å²) in [6.45, 7) is 3.05. The van der Waals surface area contributed by atoms with Crippen LogP contribution in [0.5, 0.6) is 0 Å². The normalized spacial score (nSPS) is 12.3. The van der Waals surface area contributed by atoms with E-state index in [9.17, 15) is 4.39 Å². The second-order valence-electron chi connectivity index (χ2n) is 4.41. The summed E-state index contributed by atoms with van der Waals surface area (Å²) < 4.78 is 13.2. The molecule has 3 nitrogen and oxygen atoms in total. The highest BCUT2D eigenvalue weighted by Gasteiger charge is 2.12. The topological polar surface area (TPSA) is 37.8 Å². The first-order valence-corrected chi connectivity index (χ1v) is 7.66. The first kappa shape index (κ1) is 14.9. The van der Waals surface area contributed by atoms with Crippen LogP contribution in [0.15, 0.2) is 47.8 Å². The van der Waals surface area contributed by atoms with Gasteiger partial charge in [-0.3, -0.25) is 9.97 Å². The minimum Gasteiger partial charge on any atom is -0.308 e. The Kier molecular flexibility index (Phi) is 5.95. The van der Waals surface area contributed by atoms with Gasteiger partial charge in [0, 0.05) is 29.2 Å². The van der Waals surface area contributed by atoms with E-state index in [-0.39, 0.29) is 11.9 Å². The van der Waals surface area contributed by atoms with Gasteiger partial charge in [0.1, 0.15) is 5.82 Å². The number of nitrogens with zero attached hydrogens (tertiary/aromatic N) is 2. The molecule has 1 N–H and O–H groups in total. The molecule has 0 fully saturated rings. The van der Waals surface area contributed by atoms with Crippen molar-refractivity contribution in [1.82, 2.24) is 15.3 Å². The van der Waals surface area contributed by atoms with Crippen molar-refractivity contribution >= 4 is 11.8 Å². The third-order valence-electron chi connectivity index (χ3n) is 2.79. The van der Waals surface area contributed by atoms with Crippen LogP contribution >= 0.6 is 11.8 Å². The Morgan fingerprint density at radius 3 is 2.95 bits per heavy atom. The van der Waals surface area contributed by atoms with Crippen LogP contribution in [-0.2, 0) is 0 Å². The van der Waals surface area contributed by atoms with Crippen LogP contribution in [-0.4, -0.2) is 22.3 Å². The predicted molar refractivity (Wildman–Crippen MR) is 80.2 cm³/mol. The molecule has 2 aromatic rings. The fourth-order valence-corrected chi connectivity index (χ4v) is 2.81. The highest BCUT2D eigenvalue weighted by Crippen LogP contribution is 2.24. The van der Waals surface area contributed by atoms with Crippen molar-refractivity contribution in [3.8, 4) is 0 Å². The molecule has 106 valence electrons. The first-order chi connectivity index (χ1) is 9.79. The molecule has 0 spiro atoms. The van der Waals surface area contributed by atoms with Gasteiger partial charge in [-0.2, -0.15) is 0 Å². The van der Waals surface area contributed by atoms with Crippen molar-refractivity contribution in [2.75, 3.05) is 12.3 Å². The summed E-state index contributed by atoms with van der Waals surface area (Å²) in [6, 6.07) is 6.78. The van der Waals surface area contributed by atoms with Gasteiger partial charge in [-0.05, 0) is 31.2 Å². The minimum absolute atomic E-state index is 0.122. The van der Waals surface area contributed by atoms with Crippen LogP contribution < -0.4 is 5.32 Å². The molecule has 1 atom stereocenters. The molecule has 0 saturated heterocycles. The van der Waals surface area contributed by atoms with Crippen LogP contribution in [0.3, 0.4) is 0 Å². The molecule has 0 aliphatic carbocycles. The highest BCUT2D eigenvalue weighted by atomic mass is 32.2. The number of halogens is 1. The number of nitrogens with one attached hydrogen (secondary N) is 1. The largest absolute Gasteiger partial charge is 0.308 e. The smallest absolute Gasteiger partial charge is 0.124 e. The van der Waals surface area contributed by atoms with Gasteiger partial charge in [-0.15, -0.1) is 11.8 Å². The number of thioether (sulfide) groups is 1. The van der Waals surface area contributed by atoms with E-state index in [1.807, 2.05) is 6.07 Å². The van der Waals surface area contributed by atoms with E-state index in [1.165, 1.54) is 6.07 Å². The lowest BCUT2D eigenvalue weighted by Gasteiger charge is -2.17. The maximum Gasteiger partial charge on any atom is 0.124 e. The van der Waals surface area contributed by atoms with Gasteiger partial charge >= 0.3 is 0 Å². The van der Waals surface area contributed by atoms with Gasteiger partial charge < -0.3 is 5.32 Å². The number of rotatable bonds is 7. The van der Waals surface area contributed by atoms with Crippen molar-refractivity contribution in [2.45, 2.75) is 24.3 Å². The average molecular weight is 291 g/mol. The van der Waals surface area contributed by atoms with Gasteiger partial charge in [-0.25, -0.2) is 4.39 Å². The zero-order valence-electron chi connectivity index (χ0n) is 11.4. The molecule has 0 aliphatic heterocycles. The van der Waals surface area contributed by atoms with Crippen LogP contribution in [0.1, 0.15) is 25.1 Å². The monoisotopic (exact) mass is 291 g/mol. The lowest BCUT2D eigenvalue weighted by molar-refractivity contribution is 0.563. The molecule has 1 heterocycles. The molecule has 1 aromatic carbocycles. The van der Waals surface area contributed by atoms with E-state index in [1.54, 1.807) is 42.5 Å². The SMILES string of the molecule is CCCNC(CSc1cccc(F)c1)c1cnccn1. The Morgan fingerprint density at radius 1 is 1.35 bits per heavy atom. The van der Waals surface area contributed by atoms with Gasteiger partial charge in [-0.1, -0.05) is 13.0 Å². The zero-order valence-corrected chi connectivity index (χ0v) is 12.2. The molecular formula is C15H18FN3S. The summed E-state index contributed by atoms with van der Waals surface area (Å²) in [5, 5.41) is 3.45. The second kappa shape index (κ2) is 7.97. The van der Waals surface area contributed by atoms with E-state index < -0.39 is 0 Å². The fraction of sp³-hybridized carbons (Fsp3) is 0.333. The Balaban J connectivity index is 2.01. The summed E-state index contributed by atoms with van der Waals surface area (Å²) in [4.78, 5) is 9.39. The molecule has 0 saturated carbocycles. The standard InChI is InChI=1S/C15H18FN3S/c1-2-6-18-15(14-10-17-7-8-19-14)11-20-13-5-3-4-12(16)9-13/h3-5,7-10,15,18H,2,6,11H2,1H3. The van der Waals surface area contributed by atoms with Crippen LogP contribution in [0, 0.1) is 5.82 Å². The van der Waals surface area contributed by atoms with E-state index in [4.69, 9.17) is 0 Å². The molecule has 0 radical (unpaired) electrons. The number of hydrogen-bond donors (Lipinski definition) is 1. The molecule has 20 heavy (non-hydrogen) atoms. The van der Waals surface area contributed by atoms with E-state index >= 15 is 0 Å². The fourth-order valence-electron chi connectivity index (χ4n) is 1.79. The average Bonchev–Trinajstić information content (AvgIpc) is 2.48. The van der Waals surface area contributed by atoms with Gasteiger partial charge in [0.15, 0.2) is 0 Å². The van der Waals surface area contributed by atoms with E-state index in [0.717, 1.165) is 29.3 Å². The molecule has 5 heteroatoms. The van der Waals surface area contributed by atoms with Crippen molar-refractivity contribution in [3.63, 3.8) is 0 Å². The molecule has 0 aliphatic rings. The third kappa shape index (κ3) is 4.58. The van der Waals surface area contributed by atoms with Gasteiger partial charge in [0.2, 0.25) is 0 Å². The highest BCUT2D eigenvalue weighted by molar-refractivity contribution is 7.99. The minimum atomic E-state index is -0.201. The molecular weight excluding hydrogens is 273 g/mol. The Bertz CT molecular complexity index is 522. The maximum absolute atomic E-state index is 13.2. The van der Waals surface area contributed by atoms with E-state index in [0.29, 0.717) is 0 Å². The lowest BCUT2D eigenvalue weighted by atomic mass is 10.2. The summed E-state index contributed by atoms with van der Waals surface area (Å²) in [5.74, 6) is 0.592. The molecule has 0 amide bonds. The Hall–Kier alpha value is -1.46. The Morgan fingerprint density at radius 2 is 2.25 bits per heavy atom.